The van der Waals surface area contributed by atoms with Gasteiger partial charge in [-0.15, -0.1) is 0 Å². The molecule has 1 aromatic carbocycles. The standard InChI is InChI=1S/C17H20N2O2/c1-2-12(10-20)18-17(21)14-9-16(11-7-8-11)19-15-6-4-3-5-13(14)15/h3-6,9,11-12,20H,2,7-8,10H2,1H3,(H,18,21). The Morgan fingerprint density at radius 3 is 2.86 bits per heavy atom. The Hall–Kier alpha value is -1.94. The molecule has 1 aliphatic carbocycles. The Kier molecular flexibility index (Phi) is 3.88. The van der Waals surface area contributed by atoms with Gasteiger partial charge < -0.3 is 10.4 Å². The second-order valence-electron chi connectivity index (χ2n) is 5.65. The zero-order valence-corrected chi connectivity index (χ0v) is 12.2. The van der Waals surface area contributed by atoms with E-state index >= 15 is 0 Å². The summed E-state index contributed by atoms with van der Waals surface area (Å²) in [6.07, 6.45) is 3.02. The lowest BCUT2D eigenvalue weighted by molar-refractivity contribution is 0.0916. The molecular formula is C17H20N2O2. The number of benzene rings is 1. The molecule has 1 aliphatic rings. The van der Waals surface area contributed by atoms with Crippen molar-refractivity contribution in [2.24, 2.45) is 0 Å². The van der Waals surface area contributed by atoms with Crippen LogP contribution in [0.25, 0.3) is 10.9 Å². The summed E-state index contributed by atoms with van der Waals surface area (Å²) in [5.41, 5.74) is 2.54. The fraction of sp³-hybridized carbons (Fsp3) is 0.412. The van der Waals surface area contributed by atoms with Gasteiger partial charge in [0.2, 0.25) is 0 Å². The molecule has 2 aromatic rings. The van der Waals surface area contributed by atoms with Crippen LogP contribution >= 0.6 is 0 Å². The van der Waals surface area contributed by atoms with Crippen LogP contribution in [0.5, 0.6) is 0 Å². The lowest BCUT2D eigenvalue weighted by Crippen LogP contribution is -2.37. The predicted octanol–water partition coefficient (Wildman–Crippen LogP) is 2.61. The Labute approximate surface area is 124 Å². The largest absolute Gasteiger partial charge is 0.394 e. The van der Waals surface area contributed by atoms with Crippen molar-refractivity contribution in [3.05, 3.63) is 41.6 Å². The molecule has 0 aliphatic heterocycles. The monoisotopic (exact) mass is 284 g/mol. The number of aromatic nitrogens is 1. The molecule has 1 saturated carbocycles. The molecule has 1 unspecified atom stereocenters. The second kappa shape index (κ2) is 5.82. The molecule has 110 valence electrons. The highest BCUT2D eigenvalue weighted by atomic mass is 16.3. The molecule has 0 saturated heterocycles. The van der Waals surface area contributed by atoms with Crippen molar-refractivity contribution >= 4 is 16.8 Å². The van der Waals surface area contributed by atoms with Crippen molar-refractivity contribution < 1.29 is 9.90 Å². The number of hydrogen-bond acceptors (Lipinski definition) is 3. The SMILES string of the molecule is CCC(CO)NC(=O)c1cc(C2CC2)nc2ccccc12. The number of nitrogens with zero attached hydrogens (tertiary/aromatic N) is 1. The minimum absolute atomic E-state index is 0.0409. The minimum Gasteiger partial charge on any atom is -0.394 e. The third-order valence-electron chi connectivity index (χ3n) is 4.02. The van der Waals surface area contributed by atoms with Crippen molar-refractivity contribution in [3.63, 3.8) is 0 Å². The van der Waals surface area contributed by atoms with Crippen molar-refractivity contribution in [1.29, 1.82) is 0 Å². The van der Waals surface area contributed by atoms with Crippen molar-refractivity contribution in [2.75, 3.05) is 6.61 Å². The number of carbonyl (C=O) groups excluding carboxylic acids is 1. The molecule has 0 radical (unpaired) electrons. The van der Waals surface area contributed by atoms with E-state index in [2.05, 4.69) is 10.3 Å². The van der Waals surface area contributed by atoms with E-state index in [4.69, 9.17) is 0 Å². The molecule has 1 fully saturated rings. The van der Waals surface area contributed by atoms with E-state index in [1.807, 2.05) is 37.3 Å². The second-order valence-corrected chi connectivity index (χ2v) is 5.65. The van der Waals surface area contributed by atoms with Gasteiger partial charge in [-0.05, 0) is 31.4 Å². The average molecular weight is 284 g/mol. The van der Waals surface area contributed by atoms with Crippen LogP contribution in [0.4, 0.5) is 0 Å². The number of para-hydroxylation sites is 1. The molecule has 0 bridgehead atoms. The van der Waals surface area contributed by atoms with Crippen LogP contribution in [-0.4, -0.2) is 28.6 Å². The van der Waals surface area contributed by atoms with Crippen molar-refractivity contribution in [3.8, 4) is 0 Å². The number of nitrogens with one attached hydrogen (secondary N) is 1. The third-order valence-corrected chi connectivity index (χ3v) is 4.02. The van der Waals surface area contributed by atoms with E-state index in [-0.39, 0.29) is 18.6 Å². The quantitative estimate of drug-likeness (QED) is 0.887. The molecule has 4 heteroatoms. The zero-order valence-electron chi connectivity index (χ0n) is 12.2. The number of hydrogen-bond donors (Lipinski definition) is 2. The van der Waals surface area contributed by atoms with Crippen molar-refractivity contribution in [1.82, 2.24) is 10.3 Å². The van der Waals surface area contributed by atoms with Gasteiger partial charge in [-0.25, -0.2) is 0 Å². The summed E-state index contributed by atoms with van der Waals surface area (Å²) in [7, 11) is 0. The number of pyridine rings is 1. The Morgan fingerprint density at radius 2 is 2.19 bits per heavy atom. The lowest BCUT2D eigenvalue weighted by atomic mass is 10.0. The molecule has 3 rings (SSSR count). The van der Waals surface area contributed by atoms with Gasteiger partial charge in [-0.3, -0.25) is 9.78 Å². The normalized spacial score (nSPS) is 15.9. The summed E-state index contributed by atoms with van der Waals surface area (Å²) in [5, 5.41) is 13.0. The lowest BCUT2D eigenvalue weighted by Gasteiger charge is -2.15. The van der Waals surface area contributed by atoms with E-state index in [0.717, 1.165) is 29.4 Å². The third kappa shape index (κ3) is 2.90. The predicted molar refractivity (Wildman–Crippen MR) is 82.3 cm³/mol. The van der Waals surface area contributed by atoms with E-state index in [1.54, 1.807) is 0 Å². The van der Waals surface area contributed by atoms with E-state index in [0.29, 0.717) is 17.9 Å². The maximum absolute atomic E-state index is 12.5. The van der Waals surface area contributed by atoms with Gasteiger partial charge in [0.1, 0.15) is 0 Å². The number of amides is 1. The van der Waals surface area contributed by atoms with Gasteiger partial charge >= 0.3 is 0 Å². The van der Waals surface area contributed by atoms with Crippen molar-refractivity contribution in [2.45, 2.75) is 38.1 Å². The Bertz CT molecular complexity index is 661. The fourth-order valence-electron chi connectivity index (χ4n) is 2.51. The molecular weight excluding hydrogens is 264 g/mol. The maximum Gasteiger partial charge on any atom is 0.252 e. The summed E-state index contributed by atoms with van der Waals surface area (Å²) >= 11 is 0. The Morgan fingerprint density at radius 1 is 1.43 bits per heavy atom. The molecule has 21 heavy (non-hydrogen) atoms. The number of rotatable bonds is 5. The van der Waals surface area contributed by atoms with Gasteiger partial charge in [0.25, 0.3) is 5.91 Å². The van der Waals surface area contributed by atoms with Crippen LogP contribution in [0.3, 0.4) is 0 Å². The molecule has 1 aromatic heterocycles. The van der Waals surface area contributed by atoms with Crippen LogP contribution in [0.15, 0.2) is 30.3 Å². The number of fused-ring (bicyclic) bond motifs is 1. The maximum atomic E-state index is 12.5. The first-order valence-electron chi connectivity index (χ1n) is 7.54. The summed E-state index contributed by atoms with van der Waals surface area (Å²) in [6.45, 7) is 1.90. The van der Waals surface area contributed by atoms with Crippen LogP contribution in [0.2, 0.25) is 0 Å². The van der Waals surface area contributed by atoms with E-state index in [1.165, 1.54) is 0 Å². The first kappa shape index (κ1) is 14.0. The van der Waals surface area contributed by atoms with E-state index < -0.39 is 0 Å². The van der Waals surface area contributed by atoms with Crippen LogP contribution in [-0.2, 0) is 0 Å². The smallest absolute Gasteiger partial charge is 0.252 e. The number of aliphatic hydroxyl groups excluding tert-OH is 1. The molecule has 1 heterocycles. The van der Waals surface area contributed by atoms with Gasteiger partial charge in [0.15, 0.2) is 0 Å². The van der Waals surface area contributed by atoms with Gasteiger partial charge in [0, 0.05) is 17.0 Å². The minimum atomic E-state index is -0.200. The summed E-state index contributed by atoms with van der Waals surface area (Å²) in [5.74, 6) is 0.373. The highest BCUT2D eigenvalue weighted by Gasteiger charge is 2.27. The van der Waals surface area contributed by atoms with Crippen LogP contribution < -0.4 is 5.32 Å². The molecule has 1 amide bonds. The fourth-order valence-corrected chi connectivity index (χ4v) is 2.51. The summed E-state index contributed by atoms with van der Waals surface area (Å²) < 4.78 is 0. The highest BCUT2D eigenvalue weighted by Crippen LogP contribution is 2.40. The highest BCUT2D eigenvalue weighted by molar-refractivity contribution is 6.06. The summed E-state index contributed by atoms with van der Waals surface area (Å²) in [6, 6.07) is 9.44. The first-order valence-corrected chi connectivity index (χ1v) is 7.54. The van der Waals surface area contributed by atoms with E-state index in [9.17, 15) is 9.90 Å². The zero-order chi connectivity index (χ0) is 14.8. The van der Waals surface area contributed by atoms with Crippen LogP contribution in [0, 0.1) is 0 Å². The topological polar surface area (TPSA) is 62.2 Å². The molecule has 4 nitrogen and oxygen atoms in total. The van der Waals surface area contributed by atoms with Gasteiger partial charge in [-0.2, -0.15) is 0 Å². The molecule has 1 atom stereocenters. The number of carbonyl (C=O) groups is 1. The van der Waals surface area contributed by atoms with Gasteiger partial charge in [0.05, 0.1) is 23.7 Å². The summed E-state index contributed by atoms with van der Waals surface area (Å²) in [4.78, 5) is 17.2. The number of aliphatic hydroxyl groups is 1. The average Bonchev–Trinajstić information content (AvgIpc) is 3.36. The molecule has 2 N–H and O–H groups in total. The Balaban J connectivity index is 2.01. The molecule has 0 spiro atoms. The van der Waals surface area contributed by atoms with Crippen LogP contribution in [0.1, 0.15) is 48.2 Å². The first-order chi connectivity index (χ1) is 10.2. The van der Waals surface area contributed by atoms with Gasteiger partial charge in [-0.1, -0.05) is 25.1 Å².